The number of nitrogens with one attached hydrogen (secondary N) is 2. The summed E-state index contributed by atoms with van der Waals surface area (Å²) in [4.78, 5) is 11.6. The summed E-state index contributed by atoms with van der Waals surface area (Å²) >= 11 is 0. The van der Waals surface area contributed by atoms with E-state index in [-0.39, 0.29) is 18.3 Å². The molecule has 1 heterocycles. The summed E-state index contributed by atoms with van der Waals surface area (Å²) in [5.74, 6) is 0.111. The van der Waals surface area contributed by atoms with Gasteiger partial charge in [0.1, 0.15) is 0 Å². The molecule has 1 atom stereocenters. The van der Waals surface area contributed by atoms with Gasteiger partial charge in [0.25, 0.3) is 0 Å². The van der Waals surface area contributed by atoms with E-state index in [2.05, 4.69) is 10.6 Å². The number of amides is 1. The third kappa shape index (κ3) is 4.75. The summed E-state index contributed by atoms with van der Waals surface area (Å²) in [6.45, 7) is 1.10. The fourth-order valence-electron chi connectivity index (χ4n) is 2.05. The topological polar surface area (TPSA) is 41.1 Å². The maximum Gasteiger partial charge on any atom is 0.224 e. The van der Waals surface area contributed by atoms with E-state index in [1.54, 1.807) is 0 Å². The van der Waals surface area contributed by atoms with Crippen LogP contribution in [0.1, 0.15) is 25.7 Å². The predicted octanol–water partition coefficient (Wildman–Crippen LogP) is 2.58. The van der Waals surface area contributed by atoms with Crippen molar-refractivity contribution in [3.8, 4) is 0 Å². The molecule has 1 amide bonds. The van der Waals surface area contributed by atoms with Gasteiger partial charge in [0.2, 0.25) is 5.91 Å². The molecule has 1 saturated heterocycles. The maximum absolute atomic E-state index is 11.6. The number of hydrogen-bond acceptors (Lipinski definition) is 2. The summed E-state index contributed by atoms with van der Waals surface area (Å²) < 4.78 is 0. The normalized spacial score (nSPS) is 18.5. The summed E-state index contributed by atoms with van der Waals surface area (Å²) in [6, 6.07) is 10.2. The molecule has 17 heavy (non-hydrogen) atoms. The Morgan fingerprint density at radius 2 is 2.12 bits per heavy atom. The van der Waals surface area contributed by atoms with Crippen molar-refractivity contribution in [2.24, 2.45) is 0 Å². The molecule has 1 aliphatic heterocycles. The highest BCUT2D eigenvalue weighted by Crippen LogP contribution is 2.12. The van der Waals surface area contributed by atoms with Crippen molar-refractivity contribution in [3.05, 3.63) is 30.3 Å². The minimum absolute atomic E-state index is 0. The highest BCUT2D eigenvalue weighted by atomic mass is 35.5. The molecule has 1 aromatic carbocycles. The van der Waals surface area contributed by atoms with Gasteiger partial charge in [0.15, 0.2) is 0 Å². The standard InChI is InChI=1S/C13H18N2O.ClH/c16-13(9-8-11-7-4-10-14-11)15-12-5-2-1-3-6-12;/h1-3,5-6,11,14H,4,7-10H2,(H,15,16);1H. The number of para-hydroxylation sites is 1. The highest BCUT2D eigenvalue weighted by Gasteiger charge is 2.15. The molecule has 2 rings (SSSR count). The van der Waals surface area contributed by atoms with Gasteiger partial charge < -0.3 is 10.6 Å². The Balaban J connectivity index is 0.00000144. The Kier molecular flexibility index (Phi) is 6.01. The Morgan fingerprint density at radius 3 is 2.76 bits per heavy atom. The van der Waals surface area contributed by atoms with Crippen LogP contribution in [0.15, 0.2) is 30.3 Å². The lowest BCUT2D eigenvalue weighted by molar-refractivity contribution is -0.116. The van der Waals surface area contributed by atoms with Crippen molar-refractivity contribution in [1.29, 1.82) is 0 Å². The Morgan fingerprint density at radius 1 is 1.35 bits per heavy atom. The van der Waals surface area contributed by atoms with Crippen LogP contribution < -0.4 is 10.6 Å². The second kappa shape index (κ2) is 7.30. The fraction of sp³-hybridized carbons (Fsp3) is 0.462. The number of anilines is 1. The monoisotopic (exact) mass is 254 g/mol. The molecule has 1 fully saturated rings. The average Bonchev–Trinajstić information content (AvgIpc) is 2.81. The molecule has 0 spiro atoms. The molecule has 1 aliphatic rings. The Hall–Kier alpha value is -1.06. The van der Waals surface area contributed by atoms with Crippen LogP contribution in [0.2, 0.25) is 0 Å². The number of rotatable bonds is 4. The molecule has 0 bridgehead atoms. The molecule has 4 heteroatoms. The number of carbonyl (C=O) groups is 1. The van der Waals surface area contributed by atoms with E-state index in [4.69, 9.17) is 0 Å². The first kappa shape index (κ1) is 14.0. The van der Waals surface area contributed by atoms with Gasteiger partial charge in [-0.3, -0.25) is 4.79 Å². The van der Waals surface area contributed by atoms with Crippen molar-refractivity contribution in [2.75, 3.05) is 11.9 Å². The molecule has 2 N–H and O–H groups in total. The lowest BCUT2D eigenvalue weighted by atomic mass is 10.1. The van der Waals surface area contributed by atoms with Crippen molar-refractivity contribution >= 4 is 24.0 Å². The molecular formula is C13H19ClN2O. The smallest absolute Gasteiger partial charge is 0.224 e. The first-order valence-electron chi connectivity index (χ1n) is 5.93. The number of halogens is 1. The maximum atomic E-state index is 11.6. The van der Waals surface area contributed by atoms with Crippen LogP contribution in [0.4, 0.5) is 5.69 Å². The number of benzene rings is 1. The Bertz CT molecular complexity index is 337. The fourth-order valence-corrected chi connectivity index (χ4v) is 2.05. The van der Waals surface area contributed by atoms with Gasteiger partial charge in [-0.25, -0.2) is 0 Å². The van der Waals surface area contributed by atoms with Gasteiger partial charge >= 0.3 is 0 Å². The third-order valence-electron chi connectivity index (χ3n) is 2.94. The first-order valence-corrected chi connectivity index (χ1v) is 5.93. The van der Waals surface area contributed by atoms with E-state index < -0.39 is 0 Å². The lowest BCUT2D eigenvalue weighted by Crippen LogP contribution is -2.23. The van der Waals surface area contributed by atoms with E-state index in [1.165, 1.54) is 12.8 Å². The molecule has 1 unspecified atom stereocenters. The molecule has 0 saturated carbocycles. The van der Waals surface area contributed by atoms with Crippen LogP contribution in [0, 0.1) is 0 Å². The first-order chi connectivity index (χ1) is 7.84. The molecule has 1 aromatic rings. The molecular weight excluding hydrogens is 236 g/mol. The van der Waals surface area contributed by atoms with Gasteiger partial charge in [-0.2, -0.15) is 0 Å². The zero-order chi connectivity index (χ0) is 11.2. The predicted molar refractivity (Wildman–Crippen MR) is 72.6 cm³/mol. The van der Waals surface area contributed by atoms with Crippen LogP contribution in [0.3, 0.4) is 0 Å². The number of hydrogen-bond donors (Lipinski definition) is 2. The second-order valence-corrected chi connectivity index (χ2v) is 4.25. The van der Waals surface area contributed by atoms with Crippen molar-refractivity contribution in [1.82, 2.24) is 5.32 Å². The minimum Gasteiger partial charge on any atom is -0.326 e. The van der Waals surface area contributed by atoms with Crippen molar-refractivity contribution in [2.45, 2.75) is 31.7 Å². The van der Waals surface area contributed by atoms with Crippen molar-refractivity contribution < 1.29 is 4.79 Å². The van der Waals surface area contributed by atoms with E-state index in [9.17, 15) is 4.79 Å². The van der Waals surface area contributed by atoms with Gasteiger partial charge in [-0.15, -0.1) is 12.4 Å². The highest BCUT2D eigenvalue weighted by molar-refractivity contribution is 5.90. The lowest BCUT2D eigenvalue weighted by Gasteiger charge is -2.09. The average molecular weight is 255 g/mol. The van der Waals surface area contributed by atoms with Crippen LogP contribution in [0.5, 0.6) is 0 Å². The SMILES string of the molecule is Cl.O=C(CCC1CCCN1)Nc1ccccc1. The Labute approximate surface area is 108 Å². The quantitative estimate of drug-likeness (QED) is 0.867. The second-order valence-electron chi connectivity index (χ2n) is 4.25. The molecule has 0 aromatic heterocycles. The molecule has 94 valence electrons. The van der Waals surface area contributed by atoms with Crippen LogP contribution in [-0.2, 0) is 4.79 Å². The summed E-state index contributed by atoms with van der Waals surface area (Å²) in [7, 11) is 0. The van der Waals surface area contributed by atoms with Gasteiger partial charge in [-0.1, -0.05) is 18.2 Å². The zero-order valence-electron chi connectivity index (χ0n) is 9.82. The summed E-state index contributed by atoms with van der Waals surface area (Å²) in [5.41, 5.74) is 0.881. The van der Waals surface area contributed by atoms with Crippen LogP contribution in [0.25, 0.3) is 0 Å². The minimum atomic E-state index is 0. The van der Waals surface area contributed by atoms with E-state index in [0.29, 0.717) is 12.5 Å². The van der Waals surface area contributed by atoms with Gasteiger partial charge in [0.05, 0.1) is 0 Å². The largest absolute Gasteiger partial charge is 0.326 e. The third-order valence-corrected chi connectivity index (χ3v) is 2.94. The van der Waals surface area contributed by atoms with E-state index in [1.807, 2.05) is 30.3 Å². The molecule has 3 nitrogen and oxygen atoms in total. The summed E-state index contributed by atoms with van der Waals surface area (Å²) in [6.07, 6.45) is 3.99. The van der Waals surface area contributed by atoms with E-state index in [0.717, 1.165) is 18.7 Å². The van der Waals surface area contributed by atoms with Gasteiger partial charge in [0, 0.05) is 18.2 Å². The van der Waals surface area contributed by atoms with Crippen LogP contribution >= 0.6 is 12.4 Å². The molecule has 0 radical (unpaired) electrons. The van der Waals surface area contributed by atoms with Gasteiger partial charge in [-0.05, 0) is 37.9 Å². The molecule has 0 aliphatic carbocycles. The van der Waals surface area contributed by atoms with Crippen molar-refractivity contribution in [3.63, 3.8) is 0 Å². The zero-order valence-corrected chi connectivity index (χ0v) is 10.6. The van der Waals surface area contributed by atoms with E-state index >= 15 is 0 Å². The van der Waals surface area contributed by atoms with Crippen LogP contribution in [-0.4, -0.2) is 18.5 Å². The summed E-state index contributed by atoms with van der Waals surface area (Å²) in [5, 5.41) is 6.29. The number of carbonyl (C=O) groups excluding carboxylic acids is 1.